The lowest BCUT2D eigenvalue weighted by Crippen LogP contribution is -2.07. The summed E-state index contributed by atoms with van der Waals surface area (Å²) in [5, 5.41) is 10.2. The minimum atomic E-state index is -4.40. The first-order chi connectivity index (χ1) is 9.20. The molecule has 1 heterocycles. The van der Waals surface area contributed by atoms with E-state index in [1.807, 2.05) is 0 Å². The highest BCUT2D eigenvalue weighted by molar-refractivity contribution is 9.13. The molecule has 2 rings (SSSR count). The van der Waals surface area contributed by atoms with Gasteiger partial charge in [0.15, 0.2) is 4.67 Å². The quantitative estimate of drug-likeness (QED) is 0.732. The average molecular weight is 414 g/mol. The van der Waals surface area contributed by atoms with Crippen LogP contribution in [0.4, 0.5) is 13.2 Å². The molecule has 0 amide bonds. The number of alkyl halides is 3. The predicted octanol–water partition coefficient (Wildman–Crippen LogP) is 5.21. The molecular formula is C13H9Br2F3O2. The second kappa shape index (κ2) is 5.54. The van der Waals surface area contributed by atoms with Gasteiger partial charge in [0.05, 0.1) is 10.0 Å². The minimum Gasteiger partial charge on any atom is -0.450 e. The van der Waals surface area contributed by atoms with Gasteiger partial charge in [-0.15, -0.1) is 0 Å². The van der Waals surface area contributed by atoms with Gasteiger partial charge in [-0.2, -0.15) is 13.2 Å². The van der Waals surface area contributed by atoms with Crippen LogP contribution in [0.5, 0.6) is 0 Å². The topological polar surface area (TPSA) is 33.4 Å². The van der Waals surface area contributed by atoms with Crippen molar-refractivity contribution in [1.29, 1.82) is 0 Å². The molecule has 0 spiro atoms. The summed E-state index contributed by atoms with van der Waals surface area (Å²) in [5.41, 5.74) is -0.0320. The van der Waals surface area contributed by atoms with Gasteiger partial charge in [0.25, 0.3) is 0 Å². The van der Waals surface area contributed by atoms with Gasteiger partial charge in [-0.25, -0.2) is 0 Å². The average Bonchev–Trinajstić information content (AvgIpc) is 2.67. The molecule has 0 aliphatic carbocycles. The Bertz CT molecular complexity index is 616. The highest BCUT2D eigenvalue weighted by Gasteiger charge is 2.31. The summed E-state index contributed by atoms with van der Waals surface area (Å²) in [6.45, 7) is 1.51. The second-order valence-corrected chi connectivity index (χ2v) is 5.82. The Kier molecular flexibility index (Phi) is 4.32. The van der Waals surface area contributed by atoms with Gasteiger partial charge in [-0.05, 0) is 68.1 Å². The van der Waals surface area contributed by atoms with Gasteiger partial charge in [-0.1, -0.05) is 6.07 Å². The Morgan fingerprint density at radius 2 is 1.85 bits per heavy atom. The summed E-state index contributed by atoms with van der Waals surface area (Å²) >= 11 is 6.35. The van der Waals surface area contributed by atoms with Gasteiger partial charge in [0.1, 0.15) is 11.9 Å². The van der Waals surface area contributed by atoms with E-state index >= 15 is 0 Å². The number of hydrogen-bond acceptors (Lipinski definition) is 2. The van der Waals surface area contributed by atoms with Crippen LogP contribution in [-0.2, 0) is 6.18 Å². The van der Waals surface area contributed by atoms with Gasteiger partial charge in [-0.3, -0.25) is 0 Å². The summed E-state index contributed by atoms with van der Waals surface area (Å²) in [4.78, 5) is 0. The summed E-state index contributed by atoms with van der Waals surface area (Å²) in [7, 11) is 0. The molecule has 0 aliphatic heterocycles. The molecule has 7 heteroatoms. The van der Waals surface area contributed by atoms with E-state index in [-0.39, 0.29) is 5.76 Å². The lowest BCUT2D eigenvalue weighted by molar-refractivity contribution is -0.137. The maximum Gasteiger partial charge on any atom is 0.416 e. The first kappa shape index (κ1) is 15.6. The van der Waals surface area contributed by atoms with Crippen LogP contribution < -0.4 is 0 Å². The fourth-order valence-corrected chi connectivity index (χ4v) is 2.42. The van der Waals surface area contributed by atoms with Crippen LogP contribution in [0, 0.1) is 6.92 Å². The van der Waals surface area contributed by atoms with Crippen LogP contribution in [0.15, 0.2) is 37.8 Å². The van der Waals surface area contributed by atoms with Gasteiger partial charge in [0.2, 0.25) is 0 Å². The van der Waals surface area contributed by atoms with Crippen molar-refractivity contribution in [3.63, 3.8) is 0 Å². The molecule has 0 fully saturated rings. The molecule has 1 aromatic carbocycles. The fourth-order valence-electron chi connectivity index (χ4n) is 1.81. The highest BCUT2D eigenvalue weighted by Crippen LogP contribution is 2.35. The normalized spacial score (nSPS) is 13.6. The van der Waals surface area contributed by atoms with Crippen LogP contribution in [-0.4, -0.2) is 5.11 Å². The maximum absolute atomic E-state index is 12.6. The van der Waals surface area contributed by atoms with Crippen molar-refractivity contribution in [2.45, 2.75) is 19.2 Å². The number of halogens is 5. The number of rotatable bonds is 2. The van der Waals surface area contributed by atoms with Crippen molar-refractivity contribution >= 4 is 31.9 Å². The Labute approximate surface area is 129 Å². The summed E-state index contributed by atoms with van der Waals surface area (Å²) in [6.07, 6.45) is -5.52. The number of benzene rings is 1. The van der Waals surface area contributed by atoms with E-state index in [2.05, 4.69) is 31.9 Å². The van der Waals surface area contributed by atoms with Crippen molar-refractivity contribution in [2.75, 3.05) is 0 Å². The molecule has 1 atom stereocenters. The van der Waals surface area contributed by atoms with E-state index in [0.717, 1.165) is 12.1 Å². The zero-order valence-electron chi connectivity index (χ0n) is 10.1. The second-order valence-electron chi connectivity index (χ2n) is 4.24. The third kappa shape index (κ3) is 3.10. The van der Waals surface area contributed by atoms with Gasteiger partial charge < -0.3 is 9.52 Å². The first-order valence-corrected chi connectivity index (χ1v) is 7.09. The van der Waals surface area contributed by atoms with Gasteiger partial charge in [0, 0.05) is 0 Å². The number of furan rings is 1. The lowest BCUT2D eigenvalue weighted by atomic mass is 9.99. The third-order valence-electron chi connectivity index (χ3n) is 2.83. The van der Waals surface area contributed by atoms with E-state index in [4.69, 9.17) is 4.42 Å². The summed E-state index contributed by atoms with van der Waals surface area (Å²) in [5.74, 6) is 0.242. The third-order valence-corrected chi connectivity index (χ3v) is 4.54. The van der Waals surface area contributed by atoms with Crippen LogP contribution in [0.1, 0.15) is 28.6 Å². The molecule has 2 nitrogen and oxygen atoms in total. The largest absolute Gasteiger partial charge is 0.450 e. The van der Waals surface area contributed by atoms with E-state index in [1.54, 1.807) is 6.07 Å². The Morgan fingerprint density at radius 3 is 2.30 bits per heavy atom. The van der Waals surface area contributed by atoms with Crippen LogP contribution in [0.2, 0.25) is 0 Å². The molecular weight excluding hydrogens is 405 g/mol. The lowest BCUT2D eigenvalue weighted by Gasteiger charge is -2.14. The van der Waals surface area contributed by atoms with Crippen LogP contribution >= 0.6 is 31.9 Å². The zero-order valence-corrected chi connectivity index (χ0v) is 13.3. The molecule has 1 aromatic heterocycles. The van der Waals surface area contributed by atoms with E-state index in [9.17, 15) is 18.3 Å². The smallest absolute Gasteiger partial charge is 0.416 e. The molecule has 20 heavy (non-hydrogen) atoms. The standard InChI is InChI=1S/C13H9Br2F3O2/c1-6-4-7(13(16,17)18)2-3-8(6)11(19)10-5-9(14)12(15)20-10/h2-5,11,19H,1H3. The molecule has 0 bridgehead atoms. The van der Waals surface area contributed by atoms with Crippen molar-refractivity contribution in [3.05, 3.63) is 55.9 Å². The molecule has 0 saturated carbocycles. The van der Waals surface area contributed by atoms with Crippen molar-refractivity contribution in [3.8, 4) is 0 Å². The van der Waals surface area contributed by atoms with Crippen molar-refractivity contribution in [2.24, 2.45) is 0 Å². The predicted molar refractivity (Wildman–Crippen MR) is 74.4 cm³/mol. The molecule has 1 N–H and O–H groups in total. The number of aliphatic hydroxyl groups excluding tert-OH is 1. The first-order valence-electron chi connectivity index (χ1n) is 5.50. The van der Waals surface area contributed by atoms with Crippen molar-refractivity contribution < 1.29 is 22.7 Å². The minimum absolute atomic E-state index is 0.242. The fraction of sp³-hybridized carbons (Fsp3) is 0.231. The van der Waals surface area contributed by atoms with E-state index in [1.165, 1.54) is 13.0 Å². The van der Waals surface area contributed by atoms with Gasteiger partial charge >= 0.3 is 6.18 Å². The number of hydrogen-bond donors (Lipinski definition) is 1. The SMILES string of the molecule is Cc1cc(C(F)(F)F)ccc1C(O)c1cc(Br)c(Br)o1. The molecule has 0 saturated heterocycles. The summed E-state index contributed by atoms with van der Waals surface area (Å²) < 4.78 is 44.1. The van der Waals surface area contributed by atoms with E-state index < -0.39 is 17.8 Å². The van der Waals surface area contributed by atoms with Crippen LogP contribution in [0.25, 0.3) is 0 Å². The highest BCUT2D eigenvalue weighted by atomic mass is 79.9. The Morgan fingerprint density at radius 1 is 1.20 bits per heavy atom. The number of aliphatic hydroxyl groups is 1. The Balaban J connectivity index is 2.38. The summed E-state index contributed by atoms with van der Waals surface area (Å²) in [6, 6.07) is 4.77. The molecule has 0 radical (unpaired) electrons. The molecule has 1 unspecified atom stereocenters. The number of aryl methyl sites for hydroxylation is 1. The van der Waals surface area contributed by atoms with Crippen LogP contribution in [0.3, 0.4) is 0 Å². The molecule has 0 aliphatic rings. The van der Waals surface area contributed by atoms with E-state index in [0.29, 0.717) is 20.3 Å². The monoisotopic (exact) mass is 412 g/mol. The molecule has 2 aromatic rings. The Hall–Kier alpha value is -0.790. The zero-order chi connectivity index (χ0) is 15.1. The molecule has 108 valence electrons. The van der Waals surface area contributed by atoms with Crippen molar-refractivity contribution in [1.82, 2.24) is 0 Å². The maximum atomic E-state index is 12.6.